The van der Waals surface area contributed by atoms with E-state index in [0.29, 0.717) is 22.9 Å². The molecule has 0 spiro atoms. The number of amides is 2. The smallest absolute Gasteiger partial charge is 0.257 e. The van der Waals surface area contributed by atoms with E-state index >= 15 is 0 Å². The second-order valence-corrected chi connectivity index (χ2v) is 7.94. The minimum atomic E-state index is -0.521. The first-order valence-corrected chi connectivity index (χ1v) is 10.5. The summed E-state index contributed by atoms with van der Waals surface area (Å²) in [6.07, 6.45) is 3.37. The lowest BCUT2D eigenvalue weighted by molar-refractivity contribution is -0.119. The van der Waals surface area contributed by atoms with Crippen LogP contribution in [0.15, 0.2) is 67.0 Å². The number of aromatic nitrogens is 2. The number of benzene rings is 2. The fourth-order valence-corrected chi connectivity index (χ4v) is 4.78. The van der Waals surface area contributed by atoms with E-state index < -0.39 is 6.04 Å². The molecule has 5 rings (SSSR count). The second kappa shape index (κ2) is 7.25. The predicted molar refractivity (Wildman–Crippen MR) is 116 cm³/mol. The Morgan fingerprint density at radius 2 is 1.97 bits per heavy atom. The maximum Gasteiger partial charge on any atom is 0.257 e. The molecule has 2 amide bonds. The summed E-state index contributed by atoms with van der Waals surface area (Å²) in [5.41, 5.74) is 3.00. The van der Waals surface area contributed by atoms with E-state index in [1.807, 2.05) is 54.6 Å². The highest BCUT2D eigenvalue weighted by atomic mass is 32.2. The molecule has 1 fully saturated rings. The largest absolute Gasteiger partial charge is 0.360 e. The first-order chi connectivity index (χ1) is 14.2. The van der Waals surface area contributed by atoms with Gasteiger partial charge < -0.3 is 15.2 Å². The Balaban J connectivity index is 1.38. The summed E-state index contributed by atoms with van der Waals surface area (Å²) >= 11 is 1.58. The Kier molecular flexibility index (Phi) is 4.44. The lowest BCUT2D eigenvalue weighted by Crippen LogP contribution is -2.44. The van der Waals surface area contributed by atoms with Crippen LogP contribution in [0, 0.1) is 0 Å². The molecule has 144 valence electrons. The van der Waals surface area contributed by atoms with E-state index in [-0.39, 0.29) is 11.8 Å². The molecule has 1 aliphatic rings. The van der Waals surface area contributed by atoms with Gasteiger partial charge in [-0.1, -0.05) is 36.4 Å². The van der Waals surface area contributed by atoms with Crippen LogP contribution in [0.4, 0.5) is 5.69 Å². The highest BCUT2D eigenvalue weighted by Gasteiger charge is 2.36. The number of nitrogens with zero attached hydrogens (tertiary/aromatic N) is 2. The van der Waals surface area contributed by atoms with Crippen molar-refractivity contribution in [3.63, 3.8) is 0 Å². The fourth-order valence-electron chi connectivity index (χ4n) is 3.63. The zero-order valence-electron chi connectivity index (χ0n) is 15.5. The average Bonchev–Trinajstić information content (AvgIpc) is 3.41. The Morgan fingerprint density at radius 3 is 2.90 bits per heavy atom. The van der Waals surface area contributed by atoms with Crippen LogP contribution in [0.1, 0.15) is 10.4 Å². The molecular formula is C22H18N4O2S. The Hall–Kier alpha value is -3.32. The minimum absolute atomic E-state index is 0.135. The van der Waals surface area contributed by atoms with Crippen LogP contribution >= 0.6 is 11.8 Å². The summed E-state index contributed by atoms with van der Waals surface area (Å²) in [5, 5.41) is 4.75. The van der Waals surface area contributed by atoms with Crippen LogP contribution in [-0.4, -0.2) is 44.4 Å². The monoisotopic (exact) mass is 402 g/mol. The SMILES string of the molecule is O=C(Nc1cnc2ccccc2c1)[C@@H]1CSCN1C(=O)c1c[nH]c2ccccc12. The molecule has 1 aliphatic heterocycles. The predicted octanol–water partition coefficient (Wildman–Crippen LogP) is 3.87. The van der Waals surface area contributed by atoms with Crippen molar-refractivity contribution in [2.75, 3.05) is 16.9 Å². The van der Waals surface area contributed by atoms with Gasteiger partial charge in [-0.3, -0.25) is 14.6 Å². The number of fused-ring (bicyclic) bond motifs is 2. The molecule has 4 aromatic rings. The van der Waals surface area contributed by atoms with Crippen LogP contribution in [-0.2, 0) is 4.79 Å². The quantitative estimate of drug-likeness (QED) is 0.545. The van der Waals surface area contributed by atoms with Crippen molar-refractivity contribution < 1.29 is 9.59 Å². The number of carbonyl (C=O) groups is 2. The summed E-state index contributed by atoms with van der Waals surface area (Å²) in [7, 11) is 0. The van der Waals surface area contributed by atoms with Crippen molar-refractivity contribution in [1.82, 2.24) is 14.9 Å². The van der Waals surface area contributed by atoms with Gasteiger partial charge in [-0.2, -0.15) is 0 Å². The van der Waals surface area contributed by atoms with Crippen LogP contribution in [0.3, 0.4) is 0 Å². The number of pyridine rings is 1. The number of para-hydroxylation sites is 2. The lowest BCUT2D eigenvalue weighted by Gasteiger charge is -2.23. The number of nitrogens with one attached hydrogen (secondary N) is 2. The molecule has 3 heterocycles. The first-order valence-electron chi connectivity index (χ1n) is 9.31. The van der Waals surface area contributed by atoms with Crippen molar-refractivity contribution in [2.24, 2.45) is 0 Å². The van der Waals surface area contributed by atoms with E-state index in [1.54, 1.807) is 29.1 Å². The molecule has 2 aromatic heterocycles. The van der Waals surface area contributed by atoms with Crippen molar-refractivity contribution in [3.05, 3.63) is 72.6 Å². The zero-order valence-corrected chi connectivity index (χ0v) is 16.3. The molecule has 0 unspecified atom stereocenters. The van der Waals surface area contributed by atoms with Gasteiger partial charge in [0.25, 0.3) is 5.91 Å². The van der Waals surface area contributed by atoms with Gasteiger partial charge >= 0.3 is 0 Å². The van der Waals surface area contributed by atoms with Gasteiger partial charge in [0.15, 0.2) is 0 Å². The van der Waals surface area contributed by atoms with Gasteiger partial charge in [-0.05, 0) is 18.2 Å². The van der Waals surface area contributed by atoms with Gasteiger partial charge in [-0.15, -0.1) is 11.8 Å². The van der Waals surface area contributed by atoms with Gasteiger partial charge in [-0.25, -0.2) is 0 Å². The number of thioether (sulfide) groups is 1. The first kappa shape index (κ1) is 17.8. The Labute approximate surface area is 171 Å². The molecule has 0 aliphatic carbocycles. The highest BCUT2D eigenvalue weighted by Crippen LogP contribution is 2.27. The lowest BCUT2D eigenvalue weighted by atomic mass is 10.1. The number of anilines is 1. The zero-order chi connectivity index (χ0) is 19.8. The molecule has 7 heteroatoms. The van der Waals surface area contributed by atoms with Gasteiger partial charge in [0.05, 0.1) is 28.8 Å². The van der Waals surface area contributed by atoms with E-state index in [0.717, 1.165) is 21.8 Å². The summed E-state index contributed by atoms with van der Waals surface area (Å²) in [4.78, 5) is 35.3. The van der Waals surface area contributed by atoms with Crippen LogP contribution in [0.2, 0.25) is 0 Å². The van der Waals surface area contributed by atoms with E-state index in [2.05, 4.69) is 15.3 Å². The summed E-state index contributed by atoms with van der Waals surface area (Å²) < 4.78 is 0. The number of carbonyl (C=O) groups excluding carboxylic acids is 2. The van der Waals surface area contributed by atoms with Gasteiger partial charge in [0, 0.05) is 28.2 Å². The molecule has 1 saturated heterocycles. The summed E-state index contributed by atoms with van der Waals surface area (Å²) in [6, 6.07) is 16.8. The molecule has 2 N–H and O–H groups in total. The number of rotatable bonds is 3. The topological polar surface area (TPSA) is 78.1 Å². The van der Waals surface area contributed by atoms with Gasteiger partial charge in [0.2, 0.25) is 5.91 Å². The Bertz CT molecular complexity index is 1240. The molecular weight excluding hydrogens is 384 g/mol. The van der Waals surface area contributed by atoms with E-state index in [9.17, 15) is 9.59 Å². The average molecular weight is 402 g/mol. The number of hydrogen-bond acceptors (Lipinski definition) is 4. The van der Waals surface area contributed by atoms with E-state index in [1.165, 1.54) is 0 Å². The number of hydrogen-bond donors (Lipinski definition) is 2. The van der Waals surface area contributed by atoms with Crippen LogP contribution in [0.5, 0.6) is 0 Å². The summed E-state index contributed by atoms with van der Waals surface area (Å²) in [6.45, 7) is 0. The van der Waals surface area contributed by atoms with Crippen molar-refractivity contribution >= 4 is 51.1 Å². The summed E-state index contributed by atoms with van der Waals surface area (Å²) in [5.74, 6) is 0.734. The number of aromatic amines is 1. The third-order valence-electron chi connectivity index (χ3n) is 5.12. The van der Waals surface area contributed by atoms with Gasteiger partial charge in [0.1, 0.15) is 6.04 Å². The standard InChI is InChI=1S/C22H18N4O2S/c27-21(25-15-9-14-5-1-3-7-18(14)23-10-15)20-12-29-13-26(20)22(28)17-11-24-19-8-4-2-6-16(17)19/h1-11,20,24H,12-13H2,(H,25,27)/t20-/m0/s1. The minimum Gasteiger partial charge on any atom is -0.360 e. The second-order valence-electron chi connectivity index (χ2n) is 6.94. The molecule has 0 saturated carbocycles. The number of H-pyrrole nitrogens is 1. The molecule has 2 aromatic carbocycles. The Morgan fingerprint density at radius 1 is 1.14 bits per heavy atom. The third kappa shape index (κ3) is 3.23. The normalized spacial score (nSPS) is 16.4. The molecule has 29 heavy (non-hydrogen) atoms. The molecule has 0 radical (unpaired) electrons. The molecule has 0 bridgehead atoms. The van der Waals surface area contributed by atoms with Crippen LogP contribution < -0.4 is 5.32 Å². The molecule has 6 nitrogen and oxygen atoms in total. The molecule has 1 atom stereocenters. The maximum absolute atomic E-state index is 13.2. The maximum atomic E-state index is 13.2. The van der Waals surface area contributed by atoms with Crippen LogP contribution in [0.25, 0.3) is 21.8 Å². The van der Waals surface area contributed by atoms with E-state index in [4.69, 9.17) is 0 Å². The fraction of sp³-hybridized carbons (Fsp3) is 0.136. The van der Waals surface area contributed by atoms with Crippen molar-refractivity contribution in [1.29, 1.82) is 0 Å². The van der Waals surface area contributed by atoms with Crippen molar-refractivity contribution in [2.45, 2.75) is 6.04 Å². The third-order valence-corrected chi connectivity index (χ3v) is 6.14. The van der Waals surface area contributed by atoms with Crippen molar-refractivity contribution in [3.8, 4) is 0 Å². The highest BCUT2D eigenvalue weighted by molar-refractivity contribution is 7.99.